The van der Waals surface area contributed by atoms with Crippen LogP contribution >= 0.6 is 0 Å². The zero-order chi connectivity index (χ0) is 27.0. The number of amides is 1. The molecule has 0 aliphatic carbocycles. The summed E-state index contributed by atoms with van der Waals surface area (Å²) in [6.07, 6.45) is -7.92. The zero-order valence-electron chi connectivity index (χ0n) is 19.0. The fourth-order valence-electron chi connectivity index (χ4n) is 3.69. The zero-order valence-corrected chi connectivity index (χ0v) is 19.0. The lowest BCUT2D eigenvalue weighted by molar-refractivity contribution is -0.138. The normalized spacial score (nSPS) is 15.0. The average Bonchev–Trinajstić information content (AvgIpc) is 3.22. The number of alkyl halides is 6. The summed E-state index contributed by atoms with van der Waals surface area (Å²) in [6, 6.07) is 2.77. The molecule has 4 rings (SSSR count). The summed E-state index contributed by atoms with van der Waals surface area (Å²) >= 11 is 0. The summed E-state index contributed by atoms with van der Waals surface area (Å²) in [7, 11) is 0. The monoisotopic (exact) mass is 531 g/mol. The maximum Gasteiger partial charge on any atom is 0.423 e. The number of nitrogens with one attached hydrogen (secondary N) is 2. The molecule has 198 valence electrons. The van der Waals surface area contributed by atoms with E-state index in [0.717, 1.165) is 18.3 Å². The number of carbonyl (C=O) groups excluding carboxylic acids is 1. The number of hydrogen-bond donors (Lipinski definition) is 2. The van der Waals surface area contributed by atoms with Crippen LogP contribution in [0.1, 0.15) is 34.2 Å². The SMILES string of the molecule is C[C@@H](COCc1cc2n(n1)CCN(c1ccc(C(F)(F)F)cn1)C2=O)Nc1cn[nH]c(=O)c1C(F)(F)F. The Labute approximate surface area is 204 Å². The van der Waals surface area contributed by atoms with Crippen LogP contribution in [-0.2, 0) is 30.2 Å². The van der Waals surface area contributed by atoms with Crippen molar-refractivity contribution in [2.24, 2.45) is 0 Å². The van der Waals surface area contributed by atoms with Gasteiger partial charge in [0, 0.05) is 18.8 Å². The first-order valence-corrected chi connectivity index (χ1v) is 10.8. The lowest BCUT2D eigenvalue weighted by Gasteiger charge is -2.26. The van der Waals surface area contributed by atoms with Crippen molar-refractivity contribution in [3.63, 3.8) is 0 Å². The summed E-state index contributed by atoms with van der Waals surface area (Å²) in [5.74, 6) is -0.440. The molecule has 1 aliphatic heterocycles. The van der Waals surface area contributed by atoms with Crippen molar-refractivity contribution >= 4 is 17.4 Å². The Morgan fingerprint density at radius 2 is 1.86 bits per heavy atom. The molecule has 10 nitrogen and oxygen atoms in total. The van der Waals surface area contributed by atoms with Gasteiger partial charge in [-0.25, -0.2) is 10.1 Å². The van der Waals surface area contributed by atoms with Crippen molar-refractivity contribution in [1.82, 2.24) is 25.0 Å². The van der Waals surface area contributed by atoms with E-state index in [4.69, 9.17) is 4.74 Å². The smallest absolute Gasteiger partial charge is 0.378 e. The van der Waals surface area contributed by atoms with E-state index in [2.05, 4.69) is 20.5 Å². The van der Waals surface area contributed by atoms with Crippen molar-refractivity contribution in [1.29, 1.82) is 0 Å². The van der Waals surface area contributed by atoms with Gasteiger partial charge in [-0.3, -0.25) is 19.2 Å². The van der Waals surface area contributed by atoms with Gasteiger partial charge in [0.2, 0.25) is 0 Å². The molecule has 0 saturated heterocycles. The Hall–Kier alpha value is -3.95. The number of fused-ring (bicyclic) bond motifs is 1. The highest BCUT2D eigenvalue weighted by Gasteiger charge is 2.37. The van der Waals surface area contributed by atoms with E-state index in [-0.39, 0.29) is 37.8 Å². The molecule has 1 aliphatic rings. The maximum absolute atomic E-state index is 13.2. The summed E-state index contributed by atoms with van der Waals surface area (Å²) in [5, 5.41) is 11.9. The minimum atomic E-state index is -4.88. The van der Waals surface area contributed by atoms with Crippen molar-refractivity contribution in [2.45, 2.75) is 38.5 Å². The summed E-state index contributed by atoms with van der Waals surface area (Å²) in [5.41, 5.74) is -3.65. The molecule has 2 N–H and O–H groups in total. The predicted octanol–water partition coefficient (Wildman–Crippen LogP) is 3.08. The first-order chi connectivity index (χ1) is 17.3. The second-order valence-electron chi connectivity index (χ2n) is 8.15. The van der Waals surface area contributed by atoms with Crippen LogP contribution in [-0.4, -0.2) is 50.1 Å². The van der Waals surface area contributed by atoms with Crippen molar-refractivity contribution in [3.8, 4) is 0 Å². The quantitative estimate of drug-likeness (QED) is 0.450. The Morgan fingerprint density at radius 1 is 1.11 bits per heavy atom. The number of aromatic nitrogens is 5. The van der Waals surface area contributed by atoms with E-state index in [0.29, 0.717) is 11.9 Å². The van der Waals surface area contributed by atoms with Gasteiger partial charge in [-0.05, 0) is 25.1 Å². The van der Waals surface area contributed by atoms with E-state index < -0.39 is 46.7 Å². The highest BCUT2D eigenvalue weighted by Crippen LogP contribution is 2.32. The number of pyridine rings is 1. The number of hydrogen-bond acceptors (Lipinski definition) is 7. The second kappa shape index (κ2) is 9.84. The lowest BCUT2D eigenvalue weighted by Crippen LogP contribution is -2.41. The molecule has 0 fully saturated rings. The number of H-pyrrole nitrogens is 1. The van der Waals surface area contributed by atoms with Crippen LogP contribution in [0.2, 0.25) is 0 Å². The van der Waals surface area contributed by atoms with Crippen LogP contribution in [0.15, 0.2) is 35.4 Å². The van der Waals surface area contributed by atoms with Crippen LogP contribution in [0.4, 0.5) is 37.8 Å². The number of halogens is 6. The molecule has 1 amide bonds. The van der Waals surface area contributed by atoms with Gasteiger partial charge in [0.25, 0.3) is 11.5 Å². The van der Waals surface area contributed by atoms with Crippen molar-refractivity contribution < 1.29 is 35.9 Å². The minimum Gasteiger partial charge on any atom is -0.378 e. The van der Waals surface area contributed by atoms with Crippen molar-refractivity contribution in [2.75, 3.05) is 23.4 Å². The number of nitrogens with zero attached hydrogens (tertiary/aromatic N) is 5. The number of aromatic amines is 1. The largest absolute Gasteiger partial charge is 0.423 e. The molecular formula is C21H19F6N7O3. The van der Waals surface area contributed by atoms with Crippen molar-refractivity contribution in [3.05, 3.63) is 63.5 Å². The molecule has 16 heteroatoms. The topological polar surface area (TPSA) is 118 Å². The molecule has 37 heavy (non-hydrogen) atoms. The van der Waals surface area contributed by atoms with E-state index >= 15 is 0 Å². The van der Waals surface area contributed by atoms with Gasteiger partial charge in [-0.15, -0.1) is 0 Å². The molecular weight excluding hydrogens is 512 g/mol. The predicted molar refractivity (Wildman–Crippen MR) is 116 cm³/mol. The van der Waals surface area contributed by atoms with Crippen LogP contribution in [0.25, 0.3) is 0 Å². The molecule has 0 aromatic carbocycles. The van der Waals surface area contributed by atoms with Gasteiger partial charge < -0.3 is 10.1 Å². The number of anilines is 2. The molecule has 0 bridgehead atoms. The van der Waals surface area contributed by atoms with E-state index in [1.165, 1.54) is 22.6 Å². The lowest BCUT2D eigenvalue weighted by atomic mass is 10.2. The third-order valence-corrected chi connectivity index (χ3v) is 5.34. The molecule has 3 aromatic heterocycles. The highest BCUT2D eigenvalue weighted by atomic mass is 19.4. The molecule has 4 heterocycles. The summed E-state index contributed by atoms with van der Waals surface area (Å²) < 4.78 is 84.8. The van der Waals surface area contributed by atoms with Crippen LogP contribution < -0.4 is 15.8 Å². The van der Waals surface area contributed by atoms with Gasteiger partial charge in [-0.1, -0.05) is 0 Å². The fourth-order valence-corrected chi connectivity index (χ4v) is 3.69. The second-order valence-corrected chi connectivity index (χ2v) is 8.15. The highest BCUT2D eigenvalue weighted by molar-refractivity contribution is 6.05. The average molecular weight is 531 g/mol. The van der Waals surface area contributed by atoms with Gasteiger partial charge in [0.05, 0.1) is 42.9 Å². The van der Waals surface area contributed by atoms with E-state index in [9.17, 15) is 35.9 Å². The Morgan fingerprint density at radius 3 is 2.51 bits per heavy atom. The molecule has 3 aromatic rings. The first-order valence-electron chi connectivity index (χ1n) is 10.8. The molecule has 1 atom stereocenters. The van der Waals surface area contributed by atoms with Gasteiger partial charge in [0.1, 0.15) is 17.1 Å². The fraction of sp³-hybridized carbons (Fsp3) is 0.381. The Bertz CT molecular complexity index is 1330. The van der Waals surface area contributed by atoms with Crippen LogP contribution in [0, 0.1) is 0 Å². The van der Waals surface area contributed by atoms with Gasteiger partial charge in [-0.2, -0.15) is 36.5 Å². The maximum atomic E-state index is 13.2. The Balaban J connectivity index is 1.36. The molecule has 0 saturated carbocycles. The summed E-state index contributed by atoms with van der Waals surface area (Å²) in [4.78, 5) is 29.4. The van der Waals surface area contributed by atoms with E-state index in [1.807, 2.05) is 0 Å². The van der Waals surface area contributed by atoms with Gasteiger partial charge >= 0.3 is 12.4 Å². The number of ether oxygens (including phenoxy) is 1. The Kier molecular flexibility index (Phi) is 6.94. The molecule has 0 radical (unpaired) electrons. The van der Waals surface area contributed by atoms with Crippen LogP contribution in [0.5, 0.6) is 0 Å². The molecule has 0 unspecified atom stereocenters. The minimum absolute atomic E-state index is 0.0654. The standard InChI is InChI=1S/C21H19F6N7O3/c1-11(30-14-8-29-31-18(35)17(14)21(25,26)27)9-37-10-13-6-15-19(36)33(4-5-34(15)32-13)16-3-2-12(7-28-16)20(22,23)24/h2-3,6-8,11H,4-5,9-10H2,1H3,(H2,30,31,35)/t11-/m0/s1. The third-order valence-electron chi connectivity index (χ3n) is 5.34. The van der Waals surface area contributed by atoms with Crippen LogP contribution in [0.3, 0.4) is 0 Å². The van der Waals surface area contributed by atoms with Gasteiger partial charge in [0.15, 0.2) is 0 Å². The summed E-state index contributed by atoms with van der Waals surface area (Å²) in [6.45, 7) is 1.80. The molecule has 0 spiro atoms. The first kappa shape index (κ1) is 26.1. The van der Waals surface area contributed by atoms with E-state index in [1.54, 1.807) is 5.10 Å². The number of rotatable bonds is 7. The number of carbonyl (C=O) groups is 1. The third kappa shape index (κ3) is 5.73.